The normalized spacial score (nSPS) is 18.0. The largest absolute Gasteiger partial charge is 1.00 e. The molecule has 6 nitrogen and oxygen atoms in total. The molecule has 3 aliphatic rings. The van der Waals surface area contributed by atoms with Crippen molar-refractivity contribution < 1.29 is 40.8 Å². The van der Waals surface area contributed by atoms with Crippen molar-refractivity contribution in [3.05, 3.63) is 95.6 Å². The molecule has 1 unspecified atom stereocenters. The smallest absolute Gasteiger partial charge is 0.318 e. The highest BCUT2D eigenvalue weighted by Gasteiger charge is 2.39. The third-order valence-electron chi connectivity index (χ3n) is 11.7. The number of quaternary nitrogens is 1. The number of benzene rings is 3. The number of nitrogens with zero attached hydrogens (tertiary/aromatic N) is 2. The molecule has 7 heteroatoms. The number of fused-ring (bicyclic) bond motifs is 2. The number of hydrogen-bond acceptors (Lipinski definition) is 5. The quantitative estimate of drug-likeness (QED) is 0.203. The maximum absolute atomic E-state index is 13.1. The van der Waals surface area contributed by atoms with Crippen molar-refractivity contribution >= 4 is 5.97 Å². The SMILES string of the molecule is CC(C)[N+](C)(CCOC(=O)C1c2ccccc2Oc2ccccc21)C(C)C.OC(CCN1CCCC1)(c1ccccc1)C1CCCCC1.[Br-]. The maximum Gasteiger partial charge on any atom is 0.318 e. The van der Waals surface area contributed by atoms with E-state index in [0.717, 1.165) is 52.2 Å². The number of para-hydroxylation sites is 2. The van der Waals surface area contributed by atoms with Gasteiger partial charge in [-0.3, -0.25) is 4.79 Å². The van der Waals surface area contributed by atoms with Crippen molar-refractivity contribution in [2.24, 2.45) is 5.92 Å². The zero-order valence-corrected chi connectivity index (χ0v) is 32.0. The topological polar surface area (TPSA) is 59.0 Å². The number of halogens is 1. The first-order chi connectivity index (χ1) is 23.1. The van der Waals surface area contributed by atoms with Gasteiger partial charge in [-0.25, -0.2) is 0 Å². The molecule has 6 rings (SSSR count). The van der Waals surface area contributed by atoms with Crippen LogP contribution in [0.25, 0.3) is 0 Å². The van der Waals surface area contributed by atoms with E-state index in [2.05, 4.69) is 63.9 Å². The minimum atomic E-state index is -0.621. The third-order valence-corrected chi connectivity index (χ3v) is 11.7. The van der Waals surface area contributed by atoms with Crippen LogP contribution in [0.1, 0.15) is 102 Å². The zero-order valence-electron chi connectivity index (χ0n) is 30.5. The molecule has 2 aliphatic heterocycles. The van der Waals surface area contributed by atoms with Gasteiger partial charge in [0.1, 0.15) is 30.6 Å². The van der Waals surface area contributed by atoms with Crippen LogP contribution in [0.15, 0.2) is 78.9 Å². The molecule has 1 saturated carbocycles. The van der Waals surface area contributed by atoms with E-state index in [1.807, 2.05) is 54.6 Å². The second-order valence-corrected chi connectivity index (χ2v) is 15.0. The van der Waals surface area contributed by atoms with Crippen LogP contribution in [0.4, 0.5) is 0 Å². The Kier molecular flexibility index (Phi) is 14.3. The highest BCUT2D eigenvalue weighted by atomic mass is 79.9. The summed E-state index contributed by atoms with van der Waals surface area (Å²) < 4.78 is 12.6. The molecule has 0 spiro atoms. The highest BCUT2D eigenvalue weighted by Crippen LogP contribution is 2.45. The van der Waals surface area contributed by atoms with Gasteiger partial charge in [0, 0.05) is 17.7 Å². The average molecular weight is 736 g/mol. The summed E-state index contributed by atoms with van der Waals surface area (Å²) in [7, 11) is 2.22. The first-order valence-electron chi connectivity index (χ1n) is 18.5. The van der Waals surface area contributed by atoms with Crippen LogP contribution in [0, 0.1) is 5.92 Å². The van der Waals surface area contributed by atoms with Crippen molar-refractivity contribution in [1.29, 1.82) is 0 Å². The van der Waals surface area contributed by atoms with E-state index in [1.165, 1.54) is 58.0 Å². The molecule has 0 radical (unpaired) electrons. The van der Waals surface area contributed by atoms with E-state index in [-0.39, 0.29) is 23.0 Å². The maximum atomic E-state index is 13.1. The molecule has 2 heterocycles. The molecule has 0 amide bonds. The van der Waals surface area contributed by atoms with Gasteiger partial charge in [0.05, 0.1) is 24.7 Å². The van der Waals surface area contributed by atoms with Gasteiger partial charge in [0.15, 0.2) is 0 Å². The van der Waals surface area contributed by atoms with E-state index >= 15 is 0 Å². The summed E-state index contributed by atoms with van der Waals surface area (Å²) >= 11 is 0. The second kappa shape index (κ2) is 18.0. The van der Waals surface area contributed by atoms with Gasteiger partial charge in [-0.1, -0.05) is 86.0 Å². The van der Waals surface area contributed by atoms with Gasteiger partial charge in [0.25, 0.3) is 0 Å². The van der Waals surface area contributed by atoms with Gasteiger partial charge in [0.2, 0.25) is 0 Å². The molecule has 3 aromatic rings. The van der Waals surface area contributed by atoms with Crippen LogP contribution in [-0.2, 0) is 15.1 Å². The molecule has 1 atom stereocenters. The average Bonchev–Trinajstić information content (AvgIpc) is 3.64. The van der Waals surface area contributed by atoms with Crippen LogP contribution in [0.2, 0.25) is 0 Å². The number of likely N-dealkylation sites (N-methyl/N-ethyl adjacent to an activating group) is 1. The molecule has 1 saturated heterocycles. The van der Waals surface area contributed by atoms with Gasteiger partial charge >= 0.3 is 5.97 Å². The third kappa shape index (κ3) is 9.35. The Morgan fingerprint density at radius 2 is 1.37 bits per heavy atom. The van der Waals surface area contributed by atoms with Crippen LogP contribution in [0.5, 0.6) is 11.5 Å². The Bertz CT molecular complexity index is 1400. The molecule has 1 aliphatic carbocycles. The van der Waals surface area contributed by atoms with Crippen molar-refractivity contribution in [3.8, 4) is 11.5 Å². The molecule has 49 heavy (non-hydrogen) atoms. The minimum absolute atomic E-state index is 0. The van der Waals surface area contributed by atoms with Crippen molar-refractivity contribution in [3.63, 3.8) is 0 Å². The van der Waals surface area contributed by atoms with Gasteiger partial charge in [-0.05, 0) is 96.5 Å². The number of rotatable bonds is 11. The Morgan fingerprint density at radius 1 is 0.837 bits per heavy atom. The Morgan fingerprint density at radius 3 is 1.92 bits per heavy atom. The lowest BCUT2D eigenvalue weighted by Crippen LogP contribution is -3.00. The molecule has 0 bridgehead atoms. The summed E-state index contributed by atoms with van der Waals surface area (Å²) in [5, 5.41) is 11.5. The molecule has 268 valence electrons. The number of likely N-dealkylation sites (tertiary alicyclic amines) is 1. The molecule has 1 N–H and O–H groups in total. The van der Waals surface area contributed by atoms with Gasteiger partial charge < -0.3 is 40.9 Å². The van der Waals surface area contributed by atoms with Crippen LogP contribution in [0.3, 0.4) is 0 Å². The molecule has 2 fully saturated rings. The summed E-state index contributed by atoms with van der Waals surface area (Å²) in [6.45, 7) is 13.5. The van der Waals surface area contributed by atoms with E-state index in [9.17, 15) is 9.90 Å². The van der Waals surface area contributed by atoms with Crippen LogP contribution in [-0.4, -0.2) is 72.4 Å². The monoisotopic (exact) mass is 734 g/mol. The predicted octanol–water partition coefficient (Wildman–Crippen LogP) is 5.68. The van der Waals surface area contributed by atoms with Crippen LogP contribution < -0.4 is 21.7 Å². The van der Waals surface area contributed by atoms with E-state index < -0.39 is 11.5 Å². The first-order valence-corrected chi connectivity index (χ1v) is 18.5. The number of carbonyl (C=O) groups is 1. The summed E-state index contributed by atoms with van der Waals surface area (Å²) in [5.74, 6) is 1.24. The highest BCUT2D eigenvalue weighted by molar-refractivity contribution is 5.85. The predicted molar refractivity (Wildman–Crippen MR) is 194 cm³/mol. The van der Waals surface area contributed by atoms with Crippen LogP contribution >= 0.6 is 0 Å². The molecule has 3 aromatic carbocycles. The number of esters is 1. The van der Waals surface area contributed by atoms with Gasteiger partial charge in [-0.2, -0.15) is 0 Å². The Balaban J connectivity index is 0.000000223. The lowest BCUT2D eigenvalue weighted by Gasteiger charge is -2.42. The standard InChI is InChI=1S/C23H30NO3.C19H29NO.BrH/c1-16(2)24(5,17(3)4)14-15-26-23(25)22-18-10-6-8-12-20(18)27-21-13-9-7-11-19(21)22;21-19(17-9-3-1-4-10-17,18-11-5-2-6-12-18)13-16-20-14-7-8-15-20;/h6-13,16-17,22H,14-15H2,1-5H3;1,3-4,9-10,18,21H,2,5-8,11-16H2;1H/q+1;;/p-1. The fourth-order valence-electron chi connectivity index (χ4n) is 7.93. The molecule has 0 aromatic heterocycles. The fourth-order valence-corrected chi connectivity index (χ4v) is 7.93. The number of hydrogen-bond donors (Lipinski definition) is 1. The zero-order chi connectivity index (χ0) is 34.1. The van der Waals surface area contributed by atoms with Crippen molar-refractivity contribution in [2.45, 2.75) is 103 Å². The lowest BCUT2D eigenvalue weighted by molar-refractivity contribution is -0.949. The summed E-state index contributed by atoms with van der Waals surface area (Å²) in [5.41, 5.74) is 2.25. The summed E-state index contributed by atoms with van der Waals surface area (Å²) in [6, 6.07) is 26.8. The lowest BCUT2D eigenvalue weighted by atomic mass is 9.71. The number of ether oxygens (including phenoxy) is 2. The fraction of sp³-hybridized carbons (Fsp3) is 0.548. The first kappa shape index (κ1) is 39.1. The van der Waals surface area contributed by atoms with Crippen molar-refractivity contribution in [2.75, 3.05) is 39.8 Å². The Hall–Kier alpha value is -2.71. The summed E-state index contributed by atoms with van der Waals surface area (Å²) in [6.07, 6.45) is 9.82. The van der Waals surface area contributed by atoms with E-state index in [0.29, 0.717) is 24.6 Å². The molecular weight excluding hydrogens is 676 g/mol. The van der Waals surface area contributed by atoms with E-state index in [4.69, 9.17) is 9.47 Å². The summed E-state index contributed by atoms with van der Waals surface area (Å²) in [4.78, 5) is 15.6. The van der Waals surface area contributed by atoms with Gasteiger partial charge in [-0.15, -0.1) is 0 Å². The molecular formula is C42H59BrN2O4. The minimum Gasteiger partial charge on any atom is -1.00 e. The van der Waals surface area contributed by atoms with E-state index in [1.54, 1.807) is 0 Å². The van der Waals surface area contributed by atoms with Crippen molar-refractivity contribution in [1.82, 2.24) is 4.90 Å². The number of aliphatic hydroxyl groups is 1. The second-order valence-electron chi connectivity index (χ2n) is 15.0. The Labute approximate surface area is 306 Å². The number of carbonyl (C=O) groups excluding carboxylic acids is 1.